The number of thioether (sulfide) groups is 1. The Bertz CT molecular complexity index is 658. The molecule has 1 aromatic carbocycles. The van der Waals surface area contributed by atoms with Gasteiger partial charge in [0.1, 0.15) is 5.76 Å². The van der Waals surface area contributed by atoms with Gasteiger partial charge in [0.05, 0.1) is 0 Å². The van der Waals surface area contributed by atoms with Gasteiger partial charge in [0, 0.05) is 21.8 Å². The Labute approximate surface area is 141 Å². The van der Waals surface area contributed by atoms with Crippen LogP contribution in [0.25, 0.3) is 0 Å². The molecule has 122 valence electrons. The van der Waals surface area contributed by atoms with Gasteiger partial charge in [0.2, 0.25) is 0 Å². The zero-order valence-corrected chi connectivity index (χ0v) is 14.4. The summed E-state index contributed by atoms with van der Waals surface area (Å²) in [6.45, 7) is 3.96. The van der Waals surface area contributed by atoms with Gasteiger partial charge in [0.25, 0.3) is 5.91 Å². The van der Waals surface area contributed by atoms with Gasteiger partial charge in [0.15, 0.2) is 12.1 Å². The number of aromatic nitrogens is 1. The van der Waals surface area contributed by atoms with E-state index in [1.807, 2.05) is 37.7 Å². The van der Waals surface area contributed by atoms with E-state index in [1.54, 1.807) is 0 Å². The summed E-state index contributed by atoms with van der Waals surface area (Å²) in [4.78, 5) is 17.6. The van der Waals surface area contributed by atoms with Crippen molar-refractivity contribution in [1.29, 1.82) is 0 Å². The number of hydrogen-bond donors (Lipinski definition) is 1. The molecule has 1 aromatic heterocycles. The molecule has 3 rings (SSSR count). The summed E-state index contributed by atoms with van der Waals surface area (Å²) in [7, 11) is 0. The van der Waals surface area contributed by atoms with Crippen molar-refractivity contribution >= 4 is 23.4 Å². The van der Waals surface area contributed by atoms with Crippen molar-refractivity contribution in [3.8, 4) is 0 Å². The lowest BCUT2D eigenvalue weighted by molar-refractivity contribution is 0.102. The molecule has 1 amide bonds. The Balaban J connectivity index is 1.63. The minimum atomic E-state index is -0.223. The second-order valence-corrected chi connectivity index (χ2v) is 7.60. The summed E-state index contributed by atoms with van der Waals surface area (Å²) in [5, 5.41) is 3.64. The molecular weight excluding hydrogens is 308 g/mol. The lowest BCUT2D eigenvalue weighted by Gasteiger charge is -2.10. The third-order valence-electron chi connectivity index (χ3n) is 4.05. The number of nitrogens with one attached hydrogen (secondary N) is 1. The number of carbonyl (C=O) groups is 1. The maximum absolute atomic E-state index is 12.3. The zero-order chi connectivity index (χ0) is 16.2. The molecule has 1 N–H and O–H groups in total. The van der Waals surface area contributed by atoms with Crippen LogP contribution in [0.3, 0.4) is 0 Å². The van der Waals surface area contributed by atoms with Crippen molar-refractivity contribution in [3.05, 3.63) is 42.1 Å². The number of nitrogens with zero attached hydrogens (tertiary/aromatic N) is 1. The molecule has 1 saturated carbocycles. The number of anilines is 1. The largest absolute Gasteiger partial charge is 0.447 e. The average Bonchev–Trinajstić information content (AvgIpc) is 3.20. The van der Waals surface area contributed by atoms with Gasteiger partial charge < -0.3 is 9.73 Å². The van der Waals surface area contributed by atoms with Crippen LogP contribution in [0.2, 0.25) is 0 Å². The van der Waals surface area contributed by atoms with Crippen molar-refractivity contribution in [3.63, 3.8) is 0 Å². The van der Waals surface area contributed by atoms with Crippen LogP contribution in [-0.4, -0.2) is 16.1 Å². The highest BCUT2D eigenvalue weighted by atomic mass is 32.2. The minimum absolute atomic E-state index is 0.128. The fraction of sp³-hybridized carbons (Fsp3) is 0.444. The molecule has 1 heterocycles. The standard InChI is InChI=1S/C18H22N2O2S/c1-12(2)17-16(19-11-22-17)18(21)20-13-7-9-15(10-8-13)23-14-5-3-4-6-14/h7-12,14H,3-6H2,1-2H3,(H,20,21). The Morgan fingerprint density at radius 3 is 2.61 bits per heavy atom. The van der Waals surface area contributed by atoms with Crippen LogP contribution in [0.15, 0.2) is 40.0 Å². The quantitative estimate of drug-likeness (QED) is 0.830. The highest BCUT2D eigenvalue weighted by Crippen LogP contribution is 2.35. The van der Waals surface area contributed by atoms with Crippen molar-refractivity contribution in [2.45, 2.75) is 55.6 Å². The molecule has 2 aromatic rings. The predicted molar refractivity (Wildman–Crippen MR) is 93.1 cm³/mol. The smallest absolute Gasteiger partial charge is 0.277 e. The first-order chi connectivity index (χ1) is 11.1. The van der Waals surface area contributed by atoms with E-state index < -0.39 is 0 Å². The van der Waals surface area contributed by atoms with Crippen molar-refractivity contribution in [1.82, 2.24) is 4.98 Å². The third-order valence-corrected chi connectivity index (χ3v) is 5.40. The molecule has 0 saturated heterocycles. The Morgan fingerprint density at radius 2 is 1.96 bits per heavy atom. The second-order valence-electron chi connectivity index (χ2n) is 6.22. The monoisotopic (exact) mass is 330 g/mol. The Hall–Kier alpha value is -1.75. The average molecular weight is 330 g/mol. The van der Waals surface area contributed by atoms with E-state index in [0.29, 0.717) is 11.5 Å². The molecule has 5 heteroatoms. The zero-order valence-electron chi connectivity index (χ0n) is 13.5. The van der Waals surface area contributed by atoms with E-state index in [-0.39, 0.29) is 11.8 Å². The number of carbonyl (C=O) groups excluding carboxylic acids is 1. The summed E-state index contributed by atoms with van der Waals surface area (Å²) in [6.07, 6.45) is 6.65. The van der Waals surface area contributed by atoms with E-state index in [1.165, 1.54) is 37.0 Å². The SMILES string of the molecule is CC(C)c1ocnc1C(=O)Nc1ccc(SC2CCCC2)cc1. The molecule has 0 unspecified atom stereocenters. The number of oxazole rings is 1. The highest BCUT2D eigenvalue weighted by Gasteiger charge is 2.19. The first-order valence-electron chi connectivity index (χ1n) is 8.15. The van der Waals surface area contributed by atoms with Gasteiger partial charge in [-0.1, -0.05) is 26.7 Å². The molecule has 1 fully saturated rings. The van der Waals surface area contributed by atoms with Crippen LogP contribution in [0.1, 0.15) is 61.7 Å². The number of rotatable bonds is 5. The maximum atomic E-state index is 12.3. The highest BCUT2D eigenvalue weighted by molar-refractivity contribution is 8.00. The normalized spacial score (nSPS) is 15.3. The summed E-state index contributed by atoms with van der Waals surface area (Å²) in [5.41, 5.74) is 1.15. The van der Waals surface area contributed by atoms with E-state index in [0.717, 1.165) is 10.9 Å². The predicted octanol–water partition coefficient (Wildman–Crippen LogP) is 5.09. The first-order valence-corrected chi connectivity index (χ1v) is 9.03. The van der Waals surface area contributed by atoms with Gasteiger partial charge in [-0.25, -0.2) is 4.98 Å². The van der Waals surface area contributed by atoms with Crippen LogP contribution >= 0.6 is 11.8 Å². The van der Waals surface area contributed by atoms with E-state index in [2.05, 4.69) is 22.4 Å². The van der Waals surface area contributed by atoms with E-state index in [4.69, 9.17) is 4.42 Å². The van der Waals surface area contributed by atoms with Gasteiger partial charge in [-0.05, 0) is 37.1 Å². The van der Waals surface area contributed by atoms with E-state index >= 15 is 0 Å². The lowest BCUT2D eigenvalue weighted by Crippen LogP contribution is -2.14. The molecule has 0 radical (unpaired) electrons. The van der Waals surface area contributed by atoms with Crippen LogP contribution < -0.4 is 5.32 Å². The maximum Gasteiger partial charge on any atom is 0.277 e. The van der Waals surface area contributed by atoms with Crippen molar-refractivity contribution in [2.24, 2.45) is 0 Å². The molecule has 4 nitrogen and oxygen atoms in total. The molecule has 0 bridgehead atoms. The van der Waals surface area contributed by atoms with E-state index in [9.17, 15) is 4.79 Å². The Kier molecular flexibility index (Phi) is 5.06. The van der Waals surface area contributed by atoms with Gasteiger partial charge in [-0.15, -0.1) is 11.8 Å². The number of amides is 1. The van der Waals surface area contributed by atoms with Gasteiger partial charge in [-0.2, -0.15) is 0 Å². The fourth-order valence-electron chi connectivity index (χ4n) is 2.84. The molecule has 0 spiro atoms. The van der Waals surface area contributed by atoms with Crippen molar-refractivity contribution in [2.75, 3.05) is 5.32 Å². The molecule has 0 atom stereocenters. The third kappa shape index (κ3) is 3.96. The summed E-state index contributed by atoms with van der Waals surface area (Å²) >= 11 is 1.94. The van der Waals surface area contributed by atoms with Gasteiger partial charge in [-0.3, -0.25) is 4.79 Å². The number of benzene rings is 1. The fourth-order valence-corrected chi connectivity index (χ4v) is 4.09. The molecule has 1 aliphatic carbocycles. The minimum Gasteiger partial charge on any atom is -0.447 e. The second kappa shape index (κ2) is 7.21. The number of hydrogen-bond acceptors (Lipinski definition) is 4. The lowest BCUT2D eigenvalue weighted by atomic mass is 10.1. The molecule has 0 aliphatic heterocycles. The first kappa shape index (κ1) is 16.1. The molecular formula is C18H22N2O2S. The van der Waals surface area contributed by atoms with Crippen LogP contribution in [0.5, 0.6) is 0 Å². The van der Waals surface area contributed by atoms with Gasteiger partial charge >= 0.3 is 0 Å². The summed E-state index contributed by atoms with van der Waals surface area (Å²) < 4.78 is 5.30. The summed E-state index contributed by atoms with van der Waals surface area (Å²) in [6, 6.07) is 8.05. The van der Waals surface area contributed by atoms with Crippen LogP contribution in [0, 0.1) is 0 Å². The van der Waals surface area contributed by atoms with Crippen LogP contribution in [0.4, 0.5) is 5.69 Å². The molecule has 23 heavy (non-hydrogen) atoms. The summed E-state index contributed by atoms with van der Waals surface area (Å²) in [5.74, 6) is 0.526. The molecule has 1 aliphatic rings. The Morgan fingerprint density at radius 1 is 1.26 bits per heavy atom. The van der Waals surface area contributed by atoms with Crippen molar-refractivity contribution < 1.29 is 9.21 Å². The topological polar surface area (TPSA) is 55.1 Å². The van der Waals surface area contributed by atoms with Crippen LogP contribution in [-0.2, 0) is 0 Å².